The molecule has 2 N–H and O–H groups in total. The molecule has 0 spiro atoms. The third-order valence-electron chi connectivity index (χ3n) is 4.28. The first-order valence-corrected chi connectivity index (χ1v) is 8.69. The number of aliphatic carboxylic acids is 1. The van der Waals surface area contributed by atoms with Crippen molar-refractivity contribution in [1.29, 1.82) is 0 Å². The standard InChI is InChI=1S/C17H21BrN2O4/c1-11(21)20-8-6-13(7-9-20)17(24)19-15(10-16(22)23)12-2-4-14(18)5-3-12/h2-5,13,15H,6-10H2,1H3,(H,19,24)(H,22,23). The predicted octanol–water partition coefficient (Wildman–Crippen LogP) is 2.34. The summed E-state index contributed by atoms with van der Waals surface area (Å²) in [5.41, 5.74) is 0.759. The van der Waals surface area contributed by atoms with Crippen LogP contribution >= 0.6 is 15.9 Å². The largest absolute Gasteiger partial charge is 0.481 e. The normalized spacial score (nSPS) is 16.5. The minimum absolute atomic E-state index is 0.0208. The van der Waals surface area contributed by atoms with Crippen molar-refractivity contribution < 1.29 is 19.5 Å². The Bertz CT molecular complexity index is 610. The van der Waals surface area contributed by atoms with Gasteiger partial charge >= 0.3 is 5.97 Å². The number of likely N-dealkylation sites (tertiary alicyclic amines) is 1. The van der Waals surface area contributed by atoms with Gasteiger partial charge in [-0.3, -0.25) is 14.4 Å². The van der Waals surface area contributed by atoms with E-state index in [0.717, 1.165) is 10.0 Å². The maximum Gasteiger partial charge on any atom is 0.305 e. The molecule has 7 heteroatoms. The number of rotatable bonds is 5. The number of hydrogen-bond acceptors (Lipinski definition) is 3. The Hall–Kier alpha value is -1.89. The first kappa shape index (κ1) is 18.4. The fourth-order valence-electron chi connectivity index (χ4n) is 2.87. The van der Waals surface area contributed by atoms with Crippen LogP contribution in [0.25, 0.3) is 0 Å². The molecule has 1 heterocycles. The highest BCUT2D eigenvalue weighted by Gasteiger charge is 2.28. The second-order valence-electron chi connectivity index (χ2n) is 5.99. The quantitative estimate of drug-likeness (QED) is 0.799. The van der Waals surface area contributed by atoms with Crippen molar-refractivity contribution in [2.75, 3.05) is 13.1 Å². The highest BCUT2D eigenvalue weighted by molar-refractivity contribution is 9.10. The number of piperidine rings is 1. The maximum absolute atomic E-state index is 12.5. The zero-order valence-electron chi connectivity index (χ0n) is 13.5. The van der Waals surface area contributed by atoms with Gasteiger partial charge in [0.1, 0.15) is 0 Å². The minimum atomic E-state index is -0.963. The molecule has 1 saturated heterocycles. The Morgan fingerprint density at radius 1 is 1.25 bits per heavy atom. The summed E-state index contributed by atoms with van der Waals surface area (Å²) in [6.07, 6.45) is 1.04. The number of carbonyl (C=O) groups excluding carboxylic acids is 2. The lowest BCUT2D eigenvalue weighted by molar-refractivity contribution is -0.138. The van der Waals surface area contributed by atoms with E-state index in [4.69, 9.17) is 5.11 Å². The molecule has 0 saturated carbocycles. The molecular formula is C17H21BrN2O4. The summed E-state index contributed by atoms with van der Waals surface area (Å²) in [5.74, 6) is -1.28. The summed E-state index contributed by atoms with van der Waals surface area (Å²) in [6, 6.07) is 6.68. The van der Waals surface area contributed by atoms with Crippen LogP contribution < -0.4 is 5.32 Å². The number of carbonyl (C=O) groups is 3. The molecule has 0 radical (unpaired) electrons. The van der Waals surface area contributed by atoms with Crippen molar-refractivity contribution in [3.8, 4) is 0 Å². The van der Waals surface area contributed by atoms with Gasteiger partial charge in [-0.15, -0.1) is 0 Å². The first-order valence-electron chi connectivity index (χ1n) is 7.90. The lowest BCUT2D eigenvalue weighted by atomic mass is 9.94. The van der Waals surface area contributed by atoms with Gasteiger partial charge in [0, 0.05) is 30.4 Å². The van der Waals surface area contributed by atoms with Crippen LogP contribution in [0.5, 0.6) is 0 Å². The Morgan fingerprint density at radius 2 is 1.83 bits per heavy atom. The van der Waals surface area contributed by atoms with E-state index in [-0.39, 0.29) is 24.2 Å². The second kappa shape index (κ2) is 8.28. The van der Waals surface area contributed by atoms with Crippen LogP contribution in [0.15, 0.2) is 28.7 Å². The van der Waals surface area contributed by atoms with E-state index in [1.807, 2.05) is 12.1 Å². The fraction of sp³-hybridized carbons (Fsp3) is 0.471. The molecule has 1 unspecified atom stereocenters. The Kier molecular flexibility index (Phi) is 6.36. The summed E-state index contributed by atoms with van der Waals surface area (Å²) in [7, 11) is 0. The van der Waals surface area contributed by atoms with Crippen molar-refractivity contribution in [1.82, 2.24) is 10.2 Å². The van der Waals surface area contributed by atoms with Crippen LogP contribution in [0.3, 0.4) is 0 Å². The average Bonchev–Trinajstić information content (AvgIpc) is 2.54. The number of nitrogens with one attached hydrogen (secondary N) is 1. The van der Waals surface area contributed by atoms with E-state index in [1.54, 1.807) is 17.0 Å². The lowest BCUT2D eigenvalue weighted by Gasteiger charge is -2.31. The average molecular weight is 397 g/mol. The van der Waals surface area contributed by atoms with Crippen molar-refractivity contribution >= 4 is 33.7 Å². The fourth-order valence-corrected chi connectivity index (χ4v) is 3.13. The van der Waals surface area contributed by atoms with E-state index < -0.39 is 12.0 Å². The maximum atomic E-state index is 12.5. The molecule has 1 aromatic carbocycles. The smallest absolute Gasteiger partial charge is 0.305 e. The van der Waals surface area contributed by atoms with Gasteiger partial charge in [-0.2, -0.15) is 0 Å². The van der Waals surface area contributed by atoms with Gasteiger partial charge in [0.25, 0.3) is 0 Å². The highest BCUT2D eigenvalue weighted by Crippen LogP contribution is 2.23. The van der Waals surface area contributed by atoms with Crippen LogP contribution in [0.1, 0.15) is 37.8 Å². The topological polar surface area (TPSA) is 86.7 Å². The number of carboxylic acids is 1. The van der Waals surface area contributed by atoms with Gasteiger partial charge in [-0.25, -0.2) is 0 Å². The summed E-state index contributed by atoms with van der Waals surface area (Å²) < 4.78 is 0.892. The van der Waals surface area contributed by atoms with Gasteiger partial charge in [-0.05, 0) is 30.5 Å². The van der Waals surface area contributed by atoms with Gasteiger partial charge in [0.2, 0.25) is 11.8 Å². The molecule has 0 aliphatic carbocycles. The molecule has 1 aliphatic rings. The van der Waals surface area contributed by atoms with E-state index in [2.05, 4.69) is 21.2 Å². The summed E-state index contributed by atoms with van der Waals surface area (Å²) in [6.45, 7) is 2.65. The molecule has 1 fully saturated rings. The summed E-state index contributed by atoms with van der Waals surface area (Å²) in [4.78, 5) is 36.7. The van der Waals surface area contributed by atoms with E-state index in [9.17, 15) is 14.4 Å². The van der Waals surface area contributed by atoms with Crippen LogP contribution in [-0.2, 0) is 14.4 Å². The number of hydrogen-bond donors (Lipinski definition) is 2. The van der Waals surface area contributed by atoms with Gasteiger partial charge in [-0.1, -0.05) is 28.1 Å². The Balaban J connectivity index is 2.01. The monoisotopic (exact) mass is 396 g/mol. The summed E-state index contributed by atoms with van der Waals surface area (Å²) >= 11 is 3.34. The van der Waals surface area contributed by atoms with Crippen LogP contribution in [0, 0.1) is 5.92 Å². The Morgan fingerprint density at radius 3 is 2.33 bits per heavy atom. The number of amides is 2. The van der Waals surface area contributed by atoms with E-state index in [0.29, 0.717) is 25.9 Å². The van der Waals surface area contributed by atoms with Gasteiger partial charge < -0.3 is 15.3 Å². The van der Waals surface area contributed by atoms with Crippen molar-refractivity contribution in [3.05, 3.63) is 34.3 Å². The molecule has 24 heavy (non-hydrogen) atoms. The van der Waals surface area contributed by atoms with Crippen LogP contribution in [0.2, 0.25) is 0 Å². The molecule has 2 rings (SSSR count). The van der Waals surface area contributed by atoms with E-state index >= 15 is 0 Å². The molecule has 0 bridgehead atoms. The van der Waals surface area contributed by atoms with Crippen LogP contribution in [0.4, 0.5) is 0 Å². The number of carboxylic acid groups (broad SMARTS) is 1. The molecule has 1 aliphatic heterocycles. The lowest BCUT2D eigenvalue weighted by Crippen LogP contribution is -2.43. The van der Waals surface area contributed by atoms with Crippen molar-refractivity contribution in [2.45, 2.75) is 32.2 Å². The molecule has 6 nitrogen and oxygen atoms in total. The zero-order valence-corrected chi connectivity index (χ0v) is 15.1. The predicted molar refractivity (Wildman–Crippen MR) is 92.3 cm³/mol. The third-order valence-corrected chi connectivity index (χ3v) is 4.81. The van der Waals surface area contributed by atoms with Crippen molar-refractivity contribution in [3.63, 3.8) is 0 Å². The molecule has 1 aromatic rings. The first-order chi connectivity index (χ1) is 11.4. The van der Waals surface area contributed by atoms with Gasteiger partial charge in [0.05, 0.1) is 12.5 Å². The van der Waals surface area contributed by atoms with Crippen molar-refractivity contribution in [2.24, 2.45) is 5.92 Å². The minimum Gasteiger partial charge on any atom is -0.481 e. The molecule has 1 atom stereocenters. The molecule has 0 aromatic heterocycles. The Labute approximate surface area is 149 Å². The van der Waals surface area contributed by atoms with Crippen LogP contribution in [-0.4, -0.2) is 40.9 Å². The number of halogens is 1. The summed E-state index contributed by atoms with van der Waals surface area (Å²) in [5, 5.41) is 12.0. The molecular weight excluding hydrogens is 376 g/mol. The highest BCUT2D eigenvalue weighted by atomic mass is 79.9. The SMILES string of the molecule is CC(=O)N1CCC(C(=O)NC(CC(=O)O)c2ccc(Br)cc2)CC1. The number of nitrogens with zero attached hydrogens (tertiary/aromatic N) is 1. The van der Waals surface area contributed by atoms with E-state index in [1.165, 1.54) is 6.92 Å². The van der Waals surface area contributed by atoms with Gasteiger partial charge in [0.15, 0.2) is 0 Å². The second-order valence-corrected chi connectivity index (χ2v) is 6.91. The molecule has 130 valence electrons. The molecule has 2 amide bonds. The third kappa shape index (κ3) is 5.06. The zero-order chi connectivity index (χ0) is 17.7. The number of benzene rings is 1.